The molecule has 0 saturated carbocycles. The van der Waals surface area contributed by atoms with Crippen molar-refractivity contribution in [1.29, 1.82) is 0 Å². The summed E-state index contributed by atoms with van der Waals surface area (Å²) in [5.74, 6) is 0.708. The van der Waals surface area contributed by atoms with Gasteiger partial charge in [0.05, 0.1) is 19.4 Å². The van der Waals surface area contributed by atoms with Crippen molar-refractivity contribution in [2.45, 2.75) is 13.5 Å². The fourth-order valence-corrected chi connectivity index (χ4v) is 1.02. The van der Waals surface area contributed by atoms with Crippen LogP contribution in [0.4, 0.5) is 0 Å². The lowest BCUT2D eigenvalue weighted by Crippen LogP contribution is -2.00. The second kappa shape index (κ2) is 4.01. The van der Waals surface area contributed by atoms with Gasteiger partial charge in [0.15, 0.2) is 5.75 Å². The highest BCUT2D eigenvalue weighted by atomic mass is 16.5. The smallest absolute Gasteiger partial charge is 0.163 e. The van der Waals surface area contributed by atoms with Gasteiger partial charge in [-0.3, -0.25) is 0 Å². The molecule has 0 atom stereocenters. The summed E-state index contributed by atoms with van der Waals surface area (Å²) in [6.07, 6.45) is 1.51. The van der Waals surface area contributed by atoms with Crippen molar-refractivity contribution in [3.05, 3.63) is 17.7 Å². The lowest BCUT2D eigenvalue weighted by atomic mass is 10.3. The van der Waals surface area contributed by atoms with Gasteiger partial charge in [-0.05, 0) is 6.92 Å². The molecule has 0 bridgehead atoms. The first-order chi connectivity index (χ1) is 5.79. The average molecular weight is 168 g/mol. The van der Waals surface area contributed by atoms with E-state index in [4.69, 9.17) is 9.47 Å². The number of rotatable bonds is 3. The van der Waals surface area contributed by atoms with Crippen LogP contribution in [0.25, 0.3) is 0 Å². The second-order valence-corrected chi connectivity index (χ2v) is 2.37. The van der Waals surface area contributed by atoms with E-state index in [0.29, 0.717) is 12.4 Å². The molecular weight excluding hydrogens is 156 g/mol. The van der Waals surface area contributed by atoms with E-state index in [1.54, 1.807) is 14.2 Å². The quantitative estimate of drug-likeness (QED) is 0.673. The first-order valence-electron chi connectivity index (χ1n) is 3.63. The van der Waals surface area contributed by atoms with Gasteiger partial charge in [-0.15, -0.1) is 0 Å². The molecule has 0 spiro atoms. The Morgan fingerprint density at radius 3 is 2.67 bits per heavy atom. The maximum absolute atomic E-state index is 5.12. The SMILES string of the molecule is COCc1ncnc(C)c1OC. The highest BCUT2D eigenvalue weighted by molar-refractivity contribution is 5.30. The topological polar surface area (TPSA) is 44.2 Å². The van der Waals surface area contributed by atoms with E-state index in [1.807, 2.05) is 6.92 Å². The summed E-state index contributed by atoms with van der Waals surface area (Å²) in [6.45, 7) is 2.33. The standard InChI is InChI=1S/C8H12N2O2/c1-6-8(12-3)7(4-11-2)10-5-9-6/h5H,4H2,1-3H3. The van der Waals surface area contributed by atoms with E-state index < -0.39 is 0 Å². The first-order valence-corrected chi connectivity index (χ1v) is 3.63. The van der Waals surface area contributed by atoms with Crippen molar-refractivity contribution in [1.82, 2.24) is 9.97 Å². The molecule has 1 rings (SSSR count). The Balaban J connectivity index is 3.00. The number of ether oxygens (including phenoxy) is 2. The highest BCUT2D eigenvalue weighted by Gasteiger charge is 2.06. The molecule has 0 aliphatic carbocycles. The van der Waals surface area contributed by atoms with Crippen molar-refractivity contribution in [2.75, 3.05) is 14.2 Å². The number of hydrogen-bond acceptors (Lipinski definition) is 4. The van der Waals surface area contributed by atoms with Gasteiger partial charge in [-0.25, -0.2) is 9.97 Å². The zero-order chi connectivity index (χ0) is 8.97. The number of methoxy groups -OCH3 is 2. The molecule has 0 radical (unpaired) electrons. The monoisotopic (exact) mass is 168 g/mol. The molecule has 0 amide bonds. The molecule has 1 aromatic rings. The zero-order valence-corrected chi connectivity index (χ0v) is 7.50. The van der Waals surface area contributed by atoms with Crippen LogP contribution < -0.4 is 4.74 Å². The van der Waals surface area contributed by atoms with Crippen LogP contribution in [0, 0.1) is 6.92 Å². The van der Waals surface area contributed by atoms with E-state index in [0.717, 1.165) is 11.4 Å². The molecule has 0 aliphatic heterocycles. The van der Waals surface area contributed by atoms with Crippen LogP contribution in [0.5, 0.6) is 5.75 Å². The van der Waals surface area contributed by atoms with Gasteiger partial charge >= 0.3 is 0 Å². The first kappa shape index (κ1) is 8.93. The number of aromatic nitrogens is 2. The molecule has 1 heterocycles. The Bertz CT molecular complexity index is 263. The third kappa shape index (κ3) is 1.71. The fraction of sp³-hybridized carbons (Fsp3) is 0.500. The van der Waals surface area contributed by atoms with Crippen LogP contribution in [0.2, 0.25) is 0 Å². The van der Waals surface area contributed by atoms with Crippen molar-refractivity contribution in [2.24, 2.45) is 0 Å². The molecule has 12 heavy (non-hydrogen) atoms. The molecule has 0 saturated heterocycles. The zero-order valence-electron chi connectivity index (χ0n) is 7.50. The van der Waals surface area contributed by atoms with Gasteiger partial charge in [0.1, 0.15) is 12.0 Å². The van der Waals surface area contributed by atoms with Crippen molar-refractivity contribution < 1.29 is 9.47 Å². The van der Waals surface area contributed by atoms with Crippen LogP contribution in [0.1, 0.15) is 11.4 Å². The van der Waals surface area contributed by atoms with Crippen LogP contribution >= 0.6 is 0 Å². The van der Waals surface area contributed by atoms with Crippen LogP contribution in [-0.4, -0.2) is 24.2 Å². The maximum atomic E-state index is 5.12. The highest BCUT2D eigenvalue weighted by Crippen LogP contribution is 2.18. The fourth-order valence-electron chi connectivity index (χ4n) is 1.02. The Morgan fingerprint density at radius 2 is 2.08 bits per heavy atom. The summed E-state index contributed by atoms with van der Waals surface area (Å²) in [7, 11) is 3.22. The van der Waals surface area contributed by atoms with Crippen molar-refractivity contribution in [3.63, 3.8) is 0 Å². The summed E-state index contributed by atoms with van der Waals surface area (Å²) in [5.41, 5.74) is 1.62. The number of hydrogen-bond donors (Lipinski definition) is 0. The lowest BCUT2D eigenvalue weighted by molar-refractivity contribution is 0.177. The molecule has 4 nitrogen and oxygen atoms in total. The molecule has 0 N–H and O–H groups in total. The molecular formula is C8H12N2O2. The summed E-state index contributed by atoms with van der Waals surface area (Å²) < 4.78 is 10.1. The van der Waals surface area contributed by atoms with Crippen LogP contribution in [0.15, 0.2) is 6.33 Å². The minimum absolute atomic E-state index is 0.451. The maximum Gasteiger partial charge on any atom is 0.163 e. The Morgan fingerprint density at radius 1 is 1.33 bits per heavy atom. The Hall–Kier alpha value is -1.16. The average Bonchev–Trinajstić information content (AvgIpc) is 2.05. The molecule has 0 aliphatic rings. The van der Waals surface area contributed by atoms with Crippen LogP contribution in [-0.2, 0) is 11.3 Å². The largest absolute Gasteiger partial charge is 0.493 e. The predicted octanol–water partition coefficient (Wildman–Crippen LogP) is 0.940. The summed E-state index contributed by atoms with van der Waals surface area (Å²) in [4.78, 5) is 8.04. The summed E-state index contributed by atoms with van der Waals surface area (Å²) in [5, 5.41) is 0. The number of nitrogens with zero attached hydrogens (tertiary/aromatic N) is 2. The predicted molar refractivity (Wildman–Crippen MR) is 44.0 cm³/mol. The van der Waals surface area contributed by atoms with E-state index >= 15 is 0 Å². The second-order valence-electron chi connectivity index (χ2n) is 2.37. The minimum Gasteiger partial charge on any atom is -0.493 e. The molecule has 0 unspecified atom stereocenters. The van der Waals surface area contributed by atoms with E-state index in [-0.39, 0.29) is 0 Å². The summed E-state index contributed by atoms with van der Waals surface area (Å²) in [6, 6.07) is 0. The Labute approximate surface area is 71.6 Å². The van der Waals surface area contributed by atoms with Gasteiger partial charge in [-0.1, -0.05) is 0 Å². The minimum atomic E-state index is 0.451. The van der Waals surface area contributed by atoms with Gasteiger partial charge < -0.3 is 9.47 Å². The van der Waals surface area contributed by atoms with Gasteiger partial charge in [0.2, 0.25) is 0 Å². The molecule has 0 fully saturated rings. The van der Waals surface area contributed by atoms with E-state index in [2.05, 4.69) is 9.97 Å². The van der Waals surface area contributed by atoms with E-state index in [9.17, 15) is 0 Å². The lowest BCUT2D eigenvalue weighted by Gasteiger charge is -2.07. The molecule has 0 aromatic carbocycles. The van der Waals surface area contributed by atoms with Gasteiger partial charge in [-0.2, -0.15) is 0 Å². The van der Waals surface area contributed by atoms with Gasteiger partial charge in [0, 0.05) is 7.11 Å². The third-order valence-electron chi connectivity index (χ3n) is 1.54. The Kier molecular flexibility index (Phi) is 2.99. The normalized spacial score (nSPS) is 9.92. The van der Waals surface area contributed by atoms with Crippen molar-refractivity contribution in [3.8, 4) is 5.75 Å². The molecule has 4 heteroatoms. The van der Waals surface area contributed by atoms with Crippen molar-refractivity contribution >= 4 is 0 Å². The third-order valence-corrected chi connectivity index (χ3v) is 1.54. The van der Waals surface area contributed by atoms with Gasteiger partial charge in [0.25, 0.3) is 0 Å². The summed E-state index contributed by atoms with van der Waals surface area (Å²) >= 11 is 0. The number of aryl methyl sites for hydroxylation is 1. The molecule has 66 valence electrons. The van der Waals surface area contributed by atoms with E-state index in [1.165, 1.54) is 6.33 Å². The van der Waals surface area contributed by atoms with Crippen LogP contribution in [0.3, 0.4) is 0 Å². The molecule has 1 aromatic heterocycles.